The highest BCUT2D eigenvalue weighted by Gasteiger charge is 2.24. The maximum absolute atomic E-state index is 13.0. The van der Waals surface area contributed by atoms with Gasteiger partial charge < -0.3 is 15.4 Å². The van der Waals surface area contributed by atoms with Crippen LogP contribution in [0.3, 0.4) is 0 Å². The number of benzene rings is 1. The molecule has 16 heavy (non-hydrogen) atoms. The fourth-order valence-electron chi connectivity index (χ4n) is 1.73. The highest BCUT2D eigenvalue weighted by atomic mass is 19.1. The number of ether oxygens (including phenoxy) is 1. The number of nitrogens with zero attached hydrogens (tertiary/aromatic N) is 1. The van der Waals surface area contributed by atoms with E-state index in [0.717, 1.165) is 5.69 Å². The number of morpholine rings is 1. The molecule has 5 heteroatoms. The zero-order valence-electron chi connectivity index (χ0n) is 8.73. The van der Waals surface area contributed by atoms with Gasteiger partial charge in [-0.15, -0.1) is 0 Å². The van der Waals surface area contributed by atoms with Crippen LogP contribution >= 0.6 is 0 Å². The first-order chi connectivity index (χ1) is 7.66. The molecule has 1 heterocycles. The Morgan fingerprint density at radius 2 is 2.38 bits per heavy atom. The third kappa shape index (κ3) is 2.30. The number of carbonyl (C=O) groups excluding carboxylic acids is 1. The van der Waals surface area contributed by atoms with Gasteiger partial charge >= 0.3 is 0 Å². The Labute approximate surface area is 92.8 Å². The Morgan fingerprint density at radius 3 is 3.06 bits per heavy atom. The summed E-state index contributed by atoms with van der Waals surface area (Å²) >= 11 is 0. The fraction of sp³-hybridized carbons (Fsp3) is 0.364. The maximum atomic E-state index is 13.0. The zero-order chi connectivity index (χ0) is 11.5. The van der Waals surface area contributed by atoms with Crippen LogP contribution in [0.25, 0.3) is 0 Å². The van der Waals surface area contributed by atoms with Gasteiger partial charge in [0.25, 0.3) is 0 Å². The lowest BCUT2D eigenvalue weighted by molar-refractivity contribution is -0.130. The predicted molar refractivity (Wildman–Crippen MR) is 57.5 cm³/mol. The molecule has 1 aliphatic heterocycles. The summed E-state index contributed by atoms with van der Waals surface area (Å²) in [6.07, 6.45) is -0.614. The summed E-state index contributed by atoms with van der Waals surface area (Å²) in [5.41, 5.74) is 5.92. The Bertz CT molecular complexity index is 397. The lowest BCUT2D eigenvalue weighted by atomic mass is 10.2. The second kappa shape index (κ2) is 4.49. The number of carbonyl (C=O) groups is 1. The van der Waals surface area contributed by atoms with E-state index in [1.807, 2.05) is 4.90 Å². The smallest absolute Gasteiger partial charge is 0.248 e. The molecule has 2 N–H and O–H groups in total. The van der Waals surface area contributed by atoms with Gasteiger partial charge in [0, 0.05) is 12.2 Å². The minimum Gasteiger partial charge on any atom is -0.367 e. The van der Waals surface area contributed by atoms with Crippen molar-refractivity contribution in [1.29, 1.82) is 0 Å². The van der Waals surface area contributed by atoms with Crippen molar-refractivity contribution in [2.24, 2.45) is 5.73 Å². The molecular formula is C11H13FN2O2. The van der Waals surface area contributed by atoms with E-state index in [1.165, 1.54) is 12.1 Å². The van der Waals surface area contributed by atoms with Gasteiger partial charge in [-0.25, -0.2) is 4.39 Å². The lowest BCUT2D eigenvalue weighted by Crippen LogP contribution is -2.48. The quantitative estimate of drug-likeness (QED) is 0.796. The summed E-state index contributed by atoms with van der Waals surface area (Å²) in [5.74, 6) is -0.777. The molecule has 0 spiro atoms. The van der Waals surface area contributed by atoms with E-state index in [4.69, 9.17) is 10.5 Å². The Morgan fingerprint density at radius 1 is 1.56 bits per heavy atom. The monoisotopic (exact) mass is 224 g/mol. The summed E-state index contributed by atoms with van der Waals surface area (Å²) in [7, 11) is 0. The first-order valence-corrected chi connectivity index (χ1v) is 5.08. The van der Waals surface area contributed by atoms with E-state index in [9.17, 15) is 9.18 Å². The van der Waals surface area contributed by atoms with E-state index >= 15 is 0 Å². The van der Waals surface area contributed by atoms with Crippen molar-refractivity contribution in [1.82, 2.24) is 0 Å². The predicted octanol–water partition coefficient (Wildman–Crippen LogP) is 0.516. The molecule has 1 unspecified atom stereocenters. The van der Waals surface area contributed by atoms with Crippen LogP contribution in [-0.4, -0.2) is 31.7 Å². The van der Waals surface area contributed by atoms with Gasteiger partial charge in [-0.05, 0) is 18.2 Å². The van der Waals surface area contributed by atoms with E-state index in [-0.39, 0.29) is 5.82 Å². The van der Waals surface area contributed by atoms with Crippen molar-refractivity contribution in [2.45, 2.75) is 6.10 Å². The molecule has 4 nitrogen and oxygen atoms in total. The average molecular weight is 224 g/mol. The summed E-state index contributed by atoms with van der Waals surface area (Å²) in [6.45, 7) is 1.43. The molecule has 1 fully saturated rings. The summed E-state index contributed by atoms with van der Waals surface area (Å²) in [6, 6.07) is 6.25. The van der Waals surface area contributed by atoms with Crippen molar-refractivity contribution in [2.75, 3.05) is 24.6 Å². The molecule has 0 bridgehead atoms. The molecule has 0 saturated carbocycles. The van der Waals surface area contributed by atoms with Crippen LogP contribution in [0, 0.1) is 5.82 Å². The van der Waals surface area contributed by atoms with Crippen molar-refractivity contribution in [3.8, 4) is 0 Å². The number of halogens is 1. The van der Waals surface area contributed by atoms with Gasteiger partial charge in [-0.2, -0.15) is 0 Å². The van der Waals surface area contributed by atoms with E-state index < -0.39 is 12.0 Å². The Hall–Kier alpha value is -1.62. The first-order valence-electron chi connectivity index (χ1n) is 5.08. The SMILES string of the molecule is NC(=O)C1CN(c2cccc(F)c2)CCO1. The van der Waals surface area contributed by atoms with Crippen molar-refractivity contribution in [3.05, 3.63) is 30.1 Å². The van der Waals surface area contributed by atoms with Gasteiger partial charge in [0.05, 0.1) is 13.2 Å². The molecule has 0 radical (unpaired) electrons. The molecule has 0 aromatic heterocycles. The number of primary amides is 1. The summed E-state index contributed by atoms with van der Waals surface area (Å²) < 4.78 is 18.2. The van der Waals surface area contributed by atoms with Crippen LogP contribution in [0.15, 0.2) is 24.3 Å². The van der Waals surface area contributed by atoms with Crippen molar-refractivity contribution in [3.63, 3.8) is 0 Å². The number of nitrogens with two attached hydrogens (primary N) is 1. The second-order valence-electron chi connectivity index (χ2n) is 3.69. The van der Waals surface area contributed by atoms with E-state index in [1.54, 1.807) is 12.1 Å². The third-order valence-electron chi connectivity index (χ3n) is 2.56. The maximum Gasteiger partial charge on any atom is 0.248 e. The number of hydrogen-bond acceptors (Lipinski definition) is 3. The van der Waals surface area contributed by atoms with E-state index in [2.05, 4.69) is 0 Å². The molecule has 0 aliphatic carbocycles. The Kier molecular flexibility index (Phi) is 3.05. The molecule has 1 atom stereocenters. The van der Waals surface area contributed by atoms with Crippen molar-refractivity contribution >= 4 is 11.6 Å². The molecule has 1 aromatic carbocycles. The van der Waals surface area contributed by atoms with Crippen LogP contribution in [0.4, 0.5) is 10.1 Å². The minimum absolute atomic E-state index is 0.292. The van der Waals surface area contributed by atoms with Crippen LogP contribution in [0.1, 0.15) is 0 Å². The van der Waals surface area contributed by atoms with Crippen LogP contribution in [0.5, 0.6) is 0 Å². The molecule has 86 valence electrons. The second-order valence-corrected chi connectivity index (χ2v) is 3.69. The average Bonchev–Trinajstić information content (AvgIpc) is 2.29. The molecule has 2 rings (SSSR count). The summed E-state index contributed by atoms with van der Waals surface area (Å²) in [4.78, 5) is 12.9. The standard InChI is InChI=1S/C11H13FN2O2/c12-8-2-1-3-9(6-8)14-4-5-16-10(7-14)11(13)15/h1-3,6,10H,4-5,7H2,(H2,13,15). The number of hydrogen-bond donors (Lipinski definition) is 1. The van der Waals surface area contributed by atoms with Gasteiger partial charge in [0.15, 0.2) is 6.10 Å². The largest absolute Gasteiger partial charge is 0.367 e. The first kappa shape index (κ1) is 10.9. The number of rotatable bonds is 2. The van der Waals surface area contributed by atoms with Gasteiger partial charge in [0.1, 0.15) is 5.82 Å². The van der Waals surface area contributed by atoms with Gasteiger partial charge in [-0.3, -0.25) is 4.79 Å². The highest BCUT2D eigenvalue weighted by Crippen LogP contribution is 2.18. The topological polar surface area (TPSA) is 55.6 Å². The van der Waals surface area contributed by atoms with Gasteiger partial charge in [0.2, 0.25) is 5.91 Å². The fourth-order valence-corrected chi connectivity index (χ4v) is 1.73. The van der Waals surface area contributed by atoms with Crippen LogP contribution in [0.2, 0.25) is 0 Å². The third-order valence-corrected chi connectivity index (χ3v) is 2.56. The van der Waals surface area contributed by atoms with Crippen LogP contribution < -0.4 is 10.6 Å². The number of amides is 1. The molecule has 1 aliphatic rings. The molecule has 1 aromatic rings. The molecule has 1 saturated heterocycles. The Balaban J connectivity index is 2.12. The number of anilines is 1. The summed E-state index contributed by atoms with van der Waals surface area (Å²) in [5, 5.41) is 0. The highest BCUT2D eigenvalue weighted by molar-refractivity contribution is 5.79. The minimum atomic E-state index is -0.614. The molecule has 1 amide bonds. The zero-order valence-corrected chi connectivity index (χ0v) is 8.73. The normalized spacial score (nSPS) is 20.8. The van der Waals surface area contributed by atoms with E-state index in [0.29, 0.717) is 19.7 Å². The van der Waals surface area contributed by atoms with Crippen LogP contribution in [-0.2, 0) is 9.53 Å². The lowest BCUT2D eigenvalue weighted by Gasteiger charge is -2.33. The van der Waals surface area contributed by atoms with Crippen molar-refractivity contribution < 1.29 is 13.9 Å². The van der Waals surface area contributed by atoms with Gasteiger partial charge in [-0.1, -0.05) is 6.07 Å². The molecular weight excluding hydrogens is 211 g/mol.